The Morgan fingerprint density at radius 3 is 2.16 bits per heavy atom. The SMILES string of the molecule is CCOC(=O)C(C)(CC(C)N(C)C(C)C)NC(C)C. The van der Waals surface area contributed by atoms with Crippen LogP contribution in [0, 0.1) is 0 Å². The van der Waals surface area contributed by atoms with Crippen molar-refractivity contribution < 1.29 is 9.53 Å². The number of esters is 1. The molecule has 2 atom stereocenters. The summed E-state index contributed by atoms with van der Waals surface area (Å²) in [6.07, 6.45) is 0.735. The third kappa shape index (κ3) is 5.91. The highest BCUT2D eigenvalue weighted by molar-refractivity contribution is 5.80. The summed E-state index contributed by atoms with van der Waals surface area (Å²) in [6, 6.07) is 1.01. The zero-order valence-electron chi connectivity index (χ0n) is 13.9. The van der Waals surface area contributed by atoms with Crippen LogP contribution < -0.4 is 5.32 Å². The van der Waals surface area contributed by atoms with Crippen LogP contribution in [0.25, 0.3) is 0 Å². The van der Waals surface area contributed by atoms with Crippen molar-refractivity contribution >= 4 is 5.97 Å². The summed E-state index contributed by atoms with van der Waals surface area (Å²) in [7, 11) is 2.09. The molecular weight excluding hydrogens is 240 g/mol. The van der Waals surface area contributed by atoms with Crippen molar-refractivity contribution in [2.75, 3.05) is 13.7 Å². The Morgan fingerprint density at radius 2 is 1.79 bits per heavy atom. The molecule has 0 aliphatic carbocycles. The molecule has 2 unspecified atom stereocenters. The van der Waals surface area contributed by atoms with Crippen LogP contribution in [0.5, 0.6) is 0 Å². The number of ether oxygens (including phenoxy) is 1. The lowest BCUT2D eigenvalue weighted by Crippen LogP contribution is -2.56. The first-order valence-corrected chi connectivity index (χ1v) is 7.30. The Bertz CT molecular complexity index is 279. The van der Waals surface area contributed by atoms with Gasteiger partial charge in [-0.25, -0.2) is 0 Å². The Balaban J connectivity index is 4.90. The van der Waals surface area contributed by atoms with E-state index in [0.717, 1.165) is 6.42 Å². The van der Waals surface area contributed by atoms with Crippen LogP contribution in [0.4, 0.5) is 0 Å². The second-order valence-corrected chi connectivity index (χ2v) is 6.16. The number of nitrogens with one attached hydrogen (secondary N) is 1. The molecule has 0 aliphatic heterocycles. The van der Waals surface area contributed by atoms with Crippen LogP contribution in [0.1, 0.15) is 54.9 Å². The van der Waals surface area contributed by atoms with Crippen LogP contribution in [0.2, 0.25) is 0 Å². The molecule has 0 heterocycles. The van der Waals surface area contributed by atoms with E-state index in [9.17, 15) is 4.79 Å². The number of hydrogen-bond donors (Lipinski definition) is 1. The minimum Gasteiger partial charge on any atom is -0.465 e. The molecule has 0 aromatic heterocycles. The van der Waals surface area contributed by atoms with E-state index in [1.807, 2.05) is 27.7 Å². The topological polar surface area (TPSA) is 41.6 Å². The Labute approximate surface area is 118 Å². The lowest BCUT2D eigenvalue weighted by Gasteiger charge is -2.37. The highest BCUT2D eigenvalue weighted by Gasteiger charge is 2.37. The summed E-state index contributed by atoms with van der Waals surface area (Å²) < 4.78 is 5.23. The van der Waals surface area contributed by atoms with Gasteiger partial charge in [0.1, 0.15) is 5.54 Å². The first kappa shape index (κ1) is 18.4. The van der Waals surface area contributed by atoms with Gasteiger partial charge in [0.15, 0.2) is 0 Å². The van der Waals surface area contributed by atoms with E-state index in [4.69, 9.17) is 4.74 Å². The average molecular weight is 272 g/mol. The predicted molar refractivity (Wildman–Crippen MR) is 80.3 cm³/mol. The van der Waals surface area contributed by atoms with E-state index in [-0.39, 0.29) is 12.0 Å². The molecule has 0 bridgehead atoms. The smallest absolute Gasteiger partial charge is 0.326 e. The number of nitrogens with zero attached hydrogens (tertiary/aromatic N) is 1. The Hall–Kier alpha value is -0.610. The molecule has 0 fully saturated rings. The maximum absolute atomic E-state index is 12.2. The molecule has 1 N–H and O–H groups in total. The third-order valence-electron chi connectivity index (χ3n) is 3.55. The molecule has 0 spiro atoms. The maximum atomic E-state index is 12.2. The number of rotatable bonds is 8. The van der Waals surface area contributed by atoms with E-state index in [0.29, 0.717) is 18.7 Å². The first-order valence-electron chi connectivity index (χ1n) is 7.30. The van der Waals surface area contributed by atoms with E-state index in [2.05, 4.69) is 38.0 Å². The molecule has 0 radical (unpaired) electrons. The first-order chi connectivity index (χ1) is 8.64. The zero-order chi connectivity index (χ0) is 15.2. The lowest BCUT2D eigenvalue weighted by atomic mass is 9.91. The van der Waals surface area contributed by atoms with Crippen LogP contribution in [-0.2, 0) is 9.53 Å². The highest BCUT2D eigenvalue weighted by atomic mass is 16.5. The van der Waals surface area contributed by atoms with Crippen LogP contribution in [0.3, 0.4) is 0 Å². The fourth-order valence-corrected chi connectivity index (χ4v) is 2.37. The van der Waals surface area contributed by atoms with Gasteiger partial charge in [-0.1, -0.05) is 0 Å². The molecule has 0 saturated heterocycles. The predicted octanol–water partition coefficient (Wildman–Crippen LogP) is 2.42. The van der Waals surface area contributed by atoms with Crippen LogP contribution >= 0.6 is 0 Å². The fraction of sp³-hybridized carbons (Fsp3) is 0.933. The number of carbonyl (C=O) groups is 1. The van der Waals surface area contributed by atoms with Crippen LogP contribution in [0.15, 0.2) is 0 Å². The zero-order valence-corrected chi connectivity index (χ0v) is 13.9. The van der Waals surface area contributed by atoms with Gasteiger partial charge in [-0.15, -0.1) is 0 Å². The van der Waals surface area contributed by atoms with E-state index >= 15 is 0 Å². The highest BCUT2D eigenvalue weighted by Crippen LogP contribution is 2.19. The van der Waals surface area contributed by atoms with Crippen molar-refractivity contribution in [3.63, 3.8) is 0 Å². The van der Waals surface area contributed by atoms with Gasteiger partial charge in [0.2, 0.25) is 0 Å². The third-order valence-corrected chi connectivity index (χ3v) is 3.55. The van der Waals surface area contributed by atoms with Gasteiger partial charge in [-0.05, 0) is 61.9 Å². The fourth-order valence-electron chi connectivity index (χ4n) is 2.37. The maximum Gasteiger partial charge on any atom is 0.326 e. The second kappa shape index (κ2) is 7.85. The van der Waals surface area contributed by atoms with E-state index in [1.54, 1.807) is 0 Å². The quantitative estimate of drug-likeness (QED) is 0.689. The summed E-state index contributed by atoms with van der Waals surface area (Å²) in [5, 5.41) is 3.36. The molecular formula is C15H32N2O2. The Kier molecular flexibility index (Phi) is 7.60. The van der Waals surface area contributed by atoms with Gasteiger partial charge in [-0.3, -0.25) is 10.1 Å². The largest absolute Gasteiger partial charge is 0.465 e. The molecule has 114 valence electrons. The van der Waals surface area contributed by atoms with Crippen molar-refractivity contribution in [3.05, 3.63) is 0 Å². The average Bonchev–Trinajstić information content (AvgIpc) is 2.26. The summed E-state index contributed by atoms with van der Waals surface area (Å²) in [4.78, 5) is 14.5. The lowest BCUT2D eigenvalue weighted by molar-refractivity contribution is -0.151. The second-order valence-electron chi connectivity index (χ2n) is 6.16. The molecule has 0 rings (SSSR count). The van der Waals surface area contributed by atoms with Gasteiger partial charge in [0, 0.05) is 18.1 Å². The van der Waals surface area contributed by atoms with Gasteiger partial charge >= 0.3 is 5.97 Å². The normalized spacial score (nSPS) is 16.8. The molecule has 0 aromatic rings. The molecule has 0 aromatic carbocycles. The van der Waals surface area contributed by atoms with Gasteiger partial charge in [0.25, 0.3) is 0 Å². The number of hydrogen-bond acceptors (Lipinski definition) is 4. The molecule has 4 heteroatoms. The van der Waals surface area contributed by atoms with Crippen molar-refractivity contribution in [3.8, 4) is 0 Å². The van der Waals surface area contributed by atoms with Gasteiger partial charge in [-0.2, -0.15) is 0 Å². The van der Waals surface area contributed by atoms with Gasteiger partial charge < -0.3 is 9.64 Å². The standard InChI is InChI=1S/C15H32N2O2/c1-9-19-14(18)15(7,16-11(2)3)10-13(6)17(8)12(4)5/h11-13,16H,9-10H2,1-8H3. The van der Waals surface area contributed by atoms with Gasteiger partial charge in [0.05, 0.1) is 6.61 Å². The summed E-state index contributed by atoms with van der Waals surface area (Å²) in [5.74, 6) is -0.160. The molecule has 0 saturated carbocycles. The van der Waals surface area contributed by atoms with Crippen molar-refractivity contribution in [1.29, 1.82) is 0 Å². The van der Waals surface area contributed by atoms with E-state index < -0.39 is 5.54 Å². The minimum absolute atomic E-state index is 0.160. The molecule has 4 nitrogen and oxygen atoms in total. The minimum atomic E-state index is -0.632. The van der Waals surface area contributed by atoms with Crippen LogP contribution in [-0.4, -0.2) is 48.2 Å². The van der Waals surface area contributed by atoms with E-state index in [1.165, 1.54) is 0 Å². The van der Waals surface area contributed by atoms with Crippen molar-refractivity contribution in [2.24, 2.45) is 0 Å². The molecule has 19 heavy (non-hydrogen) atoms. The Morgan fingerprint density at radius 1 is 1.26 bits per heavy atom. The molecule has 0 amide bonds. The monoisotopic (exact) mass is 272 g/mol. The summed E-state index contributed by atoms with van der Waals surface area (Å²) >= 11 is 0. The summed E-state index contributed by atoms with van der Waals surface area (Å²) in [5.41, 5.74) is -0.632. The summed E-state index contributed by atoms with van der Waals surface area (Å²) in [6.45, 7) is 14.8. The molecule has 0 aliphatic rings. The number of carbonyl (C=O) groups excluding carboxylic acids is 1. The van der Waals surface area contributed by atoms with Crippen molar-refractivity contribution in [1.82, 2.24) is 10.2 Å². The van der Waals surface area contributed by atoms with Crippen molar-refractivity contribution in [2.45, 2.75) is 78.6 Å².